The van der Waals surface area contributed by atoms with Crippen LogP contribution in [0, 0.1) is 0 Å². The first kappa shape index (κ1) is 14.1. The topological polar surface area (TPSA) is 23.5 Å². The molecule has 2 atom stereocenters. The summed E-state index contributed by atoms with van der Waals surface area (Å²) in [6, 6.07) is 9.88. The van der Waals surface area contributed by atoms with Crippen molar-refractivity contribution >= 4 is 0 Å². The molecule has 2 fully saturated rings. The Kier molecular flexibility index (Phi) is 3.87. The monoisotopic (exact) mass is 273 g/mol. The van der Waals surface area contributed by atoms with Gasteiger partial charge in [-0.1, -0.05) is 37.6 Å². The van der Waals surface area contributed by atoms with Crippen molar-refractivity contribution in [1.82, 2.24) is 4.90 Å². The number of hydrogen-bond donors (Lipinski definition) is 1. The lowest BCUT2D eigenvalue weighted by molar-refractivity contribution is -0.0493. The fraction of sp³-hybridized carbons (Fsp3) is 0.667. The minimum atomic E-state index is -0.596. The zero-order valence-corrected chi connectivity index (χ0v) is 12.8. The van der Waals surface area contributed by atoms with E-state index < -0.39 is 5.60 Å². The summed E-state index contributed by atoms with van der Waals surface area (Å²) in [4.78, 5) is 2.48. The van der Waals surface area contributed by atoms with Gasteiger partial charge in [-0.05, 0) is 56.7 Å². The Labute approximate surface area is 122 Å². The lowest BCUT2D eigenvalue weighted by Crippen LogP contribution is -2.47. The summed E-state index contributed by atoms with van der Waals surface area (Å²) >= 11 is 0. The van der Waals surface area contributed by atoms with Gasteiger partial charge in [-0.25, -0.2) is 0 Å². The van der Waals surface area contributed by atoms with Gasteiger partial charge in [0.1, 0.15) is 0 Å². The Balaban J connectivity index is 1.75. The maximum atomic E-state index is 11.1. The van der Waals surface area contributed by atoms with E-state index >= 15 is 0 Å². The van der Waals surface area contributed by atoms with Crippen LogP contribution in [-0.4, -0.2) is 29.1 Å². The molecule has 2 aliphatic heterocycles. The molecule has 0 aromatic heterocycles. The van der Waals surface area contributed by atoms with Crippen LogP contribution >= 0.6 is 0 Å². The Morgan fingerprint density at radius 2 is 1.75 bits per heavy atom. The molecule has 20 heavy (non-hydrogen) atoms. The molecule has 0 radical (unpaired) electrons. The lowest BCUT2D eigenvalue weighted by atomic mass is 9.80. The molecule has 1 aromatic rings. The fourth-order valence-corrected chi connectivity index (χ4v) is 4.04. The van der Waals surface area contributed by atoms with E-state index in [1.54, 1.807) is 0 Å². The number of benzene rings is 1. The summed E-state index contributed by atoms with van der Waals surface area (Å²) in [5.74, 6) is 0. The number of piperidine rings is 1. The highest BCUT2D eigenvalue weighted by Gasteiger charge is 2.46. The molecule has 110 valence electrons. The molecule has 0 amide bonds. The van der Waals surface area contributed by atoms with Crippen LogP contribution < -0.4 is 0 Å². The Morgan fingerprint density at radius 1 is 1.15 bits per heavy atom. The quantitative estimate of drug-likeness (QED) is 0.908. The van der Waals surface area contributed by atoms with Crippen LogP contribution in [0.1, 0.15) is 56.6 Å². The van der Waals surface area contributed by atoms with E-state index in [0.717, 1.165) is 24.8 Å². The van der Waals surface area contributed by atoms with Gasteiger partial charge in [-0.2, -0.15) is 0 Å². The van der Waals surface area contributed by atoms with Gasteiger partial charge in [0.05, 0.1) is 5.60 Å². The van der Waals surface area contributed by atoms with Crippen molar-refractivity contribution in [2.75, 3.05) is 7.05 Å². The molecule has 2 heterocycles. The number of aryl methyl sites for hydroxylation is 1. The van der Waals surface area contributed by atoms with Crippen LogP contribution in [0.3, 0.4) is 0 Å². The summed E-state index contributed by atoms with van der Waals surface area (Å²) in [7, 11) is 2.22. The second-order valence-electron chi connectivity index (χ2n) is 6.79. The highest BCUT2D eigenvalue weighted by molar-refractivity contribution is 5.29. The first-order valence-corrected chi connectivity index (χ1v) is 8.16. The third-order valence-corrected chi connectivity index (χ3v) is 5.44. The SMILES string of the molecule is CCCCc1ccc(C2(O)CC3CCC(C2)N3C)cc1. The maximum absolute atomic E-state index is 11.1. The van der Waals surface area contributed by atoms with Crippen molar-refractivity contribution in [1.29, 1.82) is 0 Å². The zero-order valence-electron chi connectivity index (χ0n) is 12.8. The van der Waals surface area contributed by atoms with Crippen molar-refractivity contribution in [2.24, 2.45) is 0 Å². The van der Waals surface area contributed by atoms with E-state index in [9.17, 15) is 5.11 Å². The largest absolute Gasteiger partial charge is 0.385 e. The molecule has 0 spiro atoms. The van der Waals surface area contributed by atoms with Gasteiger partial charge in [-0.3, -0.25) is 0 Å². The Bertz CT molecular complexity index is 439. The van der Waals surface area contributed by atoms with Crippen molar-refractivity contribution in [2.45, 2.75) is 69.6 Å². The van der Waals surface area contributed by atoms with Crippen molar-refractivity contribution in [3.63, 3.8) is 0 Å². The molecule has 1 aromatic carbocycles. The summed E-state index contributed by atoms with van der Waals surface area (Å²) < 4.78 is 0. The third kappa shape index (κ3) is 2.51. The van der Waals surface area contributed by atoms with Gasteiger partial charge in [0.15, 0.2) is 0 Å². The molecular formula is C18H27NO. The number of unbranched alkanes of at least 4 members (excludes halogenated alkanes) is 1. The molecule has 2 saturated heterocycles. The predicted octanol–water partition coefficient (Wildman–Crippen LogP) is 3.47. The smallest absolute Gasteiger partial charge is 0.0926 e. The maximum Gasteiger partial charge on any atom is 0.0926 e. The molecule has 0 aliphatic carbocycles. The van der Waals surface area contributed by atoms with Gasteiger partial charge < -0.3 is 10.0 Å². The van der Waals surface area contributed by atoms with Crippen LogP contribution in [-0.2, 0) is 12.0 Å². The van der Waals surface area contributed by atoms with Gasteiger partial charge in [0.2, 0.25) is 0 Å². The number of rotatable bonds is 4. The van der Waals surface area contributed by atoms with E-state index in [2.05, 4.69) is 43.1 Å². The van der Waals surface area contributed by atoms with E-state index in [1.165, 1.54) is 31.2 Å². The van der Waals surface area contributed by atoms with Crippen molar-refractivity contribution < 1.29 is 5.11 Å². The highest BCUT2D eigenvalue weighted by atomic mass is 16.3. The molecule has 0 saturated carbocycles. The summed E-state index contributed by atoms with van der Waals surface area (Å²) in [6.45, 7) is 2.23. The standard InChI is InChI=1S/C18H27NO/c1-3-4-5-14-6-8-15(9-7-14)18(20)12-16-10-11-17(13-18)19(16)2/h6-9,16-17,20H,3-5,10-13H2,1-2H3. The van der Waals surface area contributed by atoms with Gasteiger partial charge >= 0.3 is 0 Å². The number of nitrogens with zero attached hydrogens (tertiary/aromatic N) is 1. The van der Waals surface area contributed by atoms with Crippen LogP contribution in [0.25, 0.3) is 0 Å². The number of fused-ring (bicyclic) bond motifs is 2. The Hall–Kier alpha value is -0.860. The lowest BCUT2D eigenvalue weighted by Gasteiger charge is -2.42. The average Bonchev–Trinajstić information content (AvgIpc) is 2.69. The van der Waals surface area contributed by atoms with Gasteiger partial charge in [0, 0.05) is 12.1 Å². The normalized spacial score (nSPS) is 33.5. The average molecular weight is 273 g/mol. The molecule has 2 unspecified atom stereocenters. The van der Waals surface area contributed by atoms with Crippen molar-refractivity contribution in [3.8, 4) is 0 Å². The molecule has 2 nitrogen and oxygen atoms in total. The highest BCUT2D eigenvalue weighted by Crippen LogP contribution is 2.44. The van der Waals surface area contributed by atoms with Crippen LogP contribution in [0.5, 0.6) is 0 Å². The molecule has 2 aliphatic rings. The van der Waals surface area contributed by atoms with Crippen LogP contribution in [0.15, 0.2) is 24.3 Å². The first-order valence-electron chi connectivity index (χ1n) is 8.16. The third-order valence-electron chi connectivity index (χ3n) is 5.44. The summed E-state index contributed by atoms with van der Waals surface area (Å²) in [5, 5.41) is 11.1. The molecular weight excluding hydrogens is 246 g/mol. The second-order valence-corrected chi connectivity index (χ2v) is 6.79. The molecule has 2 heteroatoms. The molecule has 2 bridgehead atoms. The zero-order chi connectivity index (χ0) is 14.2. The van der Waals surface area contributed by atoms with Crippen LogP contribution in [0.2, 0.25) is 0 Å². The van der Waals surface area contributed by atoms with Gasteiger partial charge in [0.25, 0.3) is 0 Å². The molecule has 3 rings (SSSR count). The number of hydrogen-bond acceptors (Lipinski definition) is 2. The second kappa shape index (κ2) is 5.50. The minimum Gasteiger partial charge on any atom is -0.385 e. The minimum absolute atomic E-state index is 0.568. The number of aliphatic hydroxyl groups is 1. The molecule has 1 N–H and O–H groups in total. The Morgan fingerprint density at radius 3 is 2.30 bits per heavy atom. The fourth-order valence-electron chi connectivity index (χ4n) is 4.04. The predicted molar refractivity (Wildman–Crippen MR) is 82.8 cm³/mol. The van der Waals surface area contributed by atoms with E-state index in [0.29, 0.717) is 12.1 Å². The van der Waals surface area contributed by atoms with Gasteiger partial charge in [-0.15, -0.1) is 0 Å². The van der Waals surface area contributed by atoms with Crippen LogP contribution in [0.4, 0.5) is 0 Å². The van der Waals surface area contributed by atoms with E-state index in [1.807, 2.05) is 0 Å². The van der Waals surface area contributed by atoms with E-state index in [4.69, 9.17) is 0 Å². The summed E-state index contributed by atoms with van der Waals surface area (Å²) in [5.41, 5.74) is 1.93. The first-order chi connectivity index (χ1) is 9.62. The van der Waals surface area contributed by atoms with E-state index in [-0.39, 0.29) is 0 Å². The van der Waals surface area contributed by atoms with Crippen molar-refractivity contribution in [3.05, 3.63) is 35.4 Å². The summed E-state index contributed by atoms with van der Waals surface area (Å²) in [6.07, 6.45) is 7.93.